The van der Waals surface area contributed by atoms with E-state index in [0.717, 1.165) is 0 Å². The van der Waals surface area contributed by atoms with E-state index in [2.05, 4.69) is 5.32 Å². The van der Waals surface area contributed by atoms with E-state index in [9.17, 15) is 9.59 Å². The van der Waals surface area contributed by atoms with Crippen molar-refractivity contribution in [3.63, 3.8) is 0 Å². The molecule has 1 rings (SSSR count). The summed E-state index contributed by atoms with van der Waals surface area (Å²) < 4.78 is 10.1. The van der Waals surface area contributed by atoms with Gasteiger partial charge >= 0.3 is 5.97 Å². The van der Waals surface area contributed by atoms with Crippen molar-refractivity contribution >= 4 is 17.6 Å². The third-order valence-electron chi connectivity index (χ3n) is 2.47. The third kappa shape index (κ3) is 4.62. The third-order valence-corrected chi connectivity index (χ3v) is 2.47. The van der Waals surface area contributed by atoms with Crippen molar-refractivity contribution in [2.75, 3.05) is 12.4 Å². The molecule has 0 saturated heterocycles. The number of rotatable bonds is 5. The van der Waals surface area contributed by atoms with Crippen LogP contribution in [-0.2, 0) is 14.3 Å². The van der Waals surface area contributed by atoms with E-state index < -0.39 is 12.1 Å². The molecule has 0 aliphatic heterocycles. The Morgan fingerprint density at radius 3 is 2.47 bits per heavy atom. The molecule has 19 heavy (non-hydrogen) atoms. The first kappa shape index (κ1) is 15.0. The van der Waals surface area contributed by atoms with Crippen molar-refractivity contribution in [3.8, 4) is 5.75 Å². The standard InChI is InChI=1S/C14H19NO4/c1-9(2)14(17)19-10(3)13(16)15-11-6-5-7-12(8-11)18-4/h5-10H,1-4H3,(H,15,16)/t10-/m1/s1. The van der Waals surface area contributed by atoms with Crippen LogP contribution < -0.4 is 10.1 Å². The van der Waals surface area contributed by atoms with Crippen LogP contribution in [0.15, 0.2) is 24.3 Å². The first-order valence-electron chi connectivity index (χ1n) is 6.09. The molecule has 0 aliphatic carbocycles. The number of hydrogen-bond acceptors (Lipinski definition) is 4. The average Bonchev–Trinajstić information content (AvgIpc) is 2.38. The van der Waals surface area contributed by atoms with Crippen LogP contribution in [-0.4, -0.2) is 25.1 Å². The number of benzene rings is 1. The second-order valence-corrected chi connectivity index (χ2v) is 4.46. The fraction of sp³-hybridized carbons (Fsp3) is 0.429. The number of ether oxygens (including phenoxy) is 2. The van der Waals surface area contributed by atoms with E-state index in [4.69, 9.17) is 9.47 Å². The number of carbonyl (C=O) groups is 2. The zero-order chi connectivity index (χ0) is 14.4. The minimum atomic E-state index is -0.832. The largest absolute Gasteiger partial charge is 0.497 e. The Kier molecular flexibility index (Phi) is 5.36. The molecule has 0 radical (unpaired) electrons. The van der Waals surface area contributed by atoms with Crippen molar-refractivity contribution in [2.45, 2.75) is 26.9 Å². The van der Waals surface area contributed by atoms with Crippen LogP contribution in [0.4, 0.5) is 5.69 Å². The Labute approximate surface area is 112 Å². The summed E-state index contributed by atoms with van der Waals surface area (Å²) in [7, 11) is 1.55. The van der Waals surface area contributed by atoms with E-state index in [0.29, 0.717) is 11.4 Å². The second-order valence-electron chi connectivity index (χ2n) is 4.46. The summed E-state index contributed by atoms with van der Waals surface area (Å²) in [5, 5.41) is 2.66. The smallest absolute Gasteiger partial charge is 0.309 e. The molecule has 0 heterocycles. The van der Waals surface area contributed by atoms with E-state index >= 15 is 0 Å². The molecule has 1 aromatic carbocycles. The SMILES string of the molecule is COc1cccc(NC(=O)[C@@H](C)OC(=O)C(C)C)c1. The first-order valence-corrected chi connectivity index (χ1v) is 6.09. The minimum absolute atomic E-state index is 0.257. The first-order chi connectivity index (χ1) is 8.93. The van der Waals surface area contributed by atoms with Gasteiger partial charge in [0.05, 0.1) is 13.0 Å². The highest BCUT2D eigenvalue weighted by Gasteiger charge is 2.19. The van der Waals surface area contributed by atoms with Gasteiger partial charge in [-0.05, 0) is 19.1 Å². The number of anilines is 1. The van der Waals surface area contributed by atoms with Crippen LogP contribution in [0, 0.1) is 5.92 Å². The van der Waals surface area contributed by atoms with Crippen molar-refractivity contribution in [2.24, 2.45) is 5.92 Å². The predicted molar refractivity (Wildman–Crippen MR) is 72.0 cm³/mol. The molecule has 1 amide bonds. The Bertz CT molecular complexity index is 457. The monoisotopic (exact) mass is 265 g/mol. The average molecular weight is 265 g/mol. The Hall–Kier alpha value is -2.04. The quantitative estimate of drug-likeness (QED) is 0.829. The zero-order valence-electron chi connectivity index (χ0n) is 11.6. The van der Waals surface area contributed by atoms with E-state index in [1.165, 1.54) is 6.92 Å². The van der Waals surface area contributed by atoms with Gasteiger partial charge in [0.2, 0.25) is 0 Å². The molecular formula is C14H19NO4. The van der Waals surface area contributed by atoms with Gasteiger partial charge in [-0.1, -0.05) is 19.9 Å². The number of esters is 1. The maximum absolute atomic E-state index is 11.8. The minimum Gasteiger partial charge on any atom is -0.497 e. The highest BCUT2D eigenvalue weighted by Crippen LogP contribution is 2.17. The summed E-state index contributed by atoms with van der Waals surface area (Å²) in [6.07, 6.45) is -0.832. The normalized spacial score (nSPS) is 11.8. The summed E-state index contributed by atoms with van der Waals surface area (Å²) >= 11 is 0. The van der Waals surface area contributed by atoms with Crippen molar-refractivity contribution in [3.05, 3.63) is 24.3 Å². The maximum Gasteiger partial charge on any atom is 0.309 e. The van der Waals surface area contributed by atoms with Crippen LogP contribution in [0.3, 0.4) is 0 Å². The molecule has 1 aromatic rings. The number of methoxy groups -OCH3 is 1. The number of nitrogens with one attached hydrogen (secondary N) is 1. The number of carbonyl (C=O) groups excluding carboxylic acids is 2. The van der Waals surface area contributed by atoms with Crippen LogP contribution in [0.2, 0.25) is 0 Å². The van der Waals surface area contributed by atoms with Gasteiger partial charge < -0.3 is 14.8 Å². The summed E-state index contributed by atoms with van der Waals surface area (Å²) in [5.74, 6) is -0.382. The molecule has 5 nitrogen and oxygen atoms in total. The molecule has 0 aromatic heterocycles. The van der Waals surface area contributed by atoms with Crippen molar-refractivity contribution < 1.29 is 19.1 Å². The zero-order valence-corrected chi connectivity index (χ0v) is 11.6. The van der Waals surface area contributed by atoms with E-state index in [1.807, 2.05) is 0 Å². The van der Waals surface area contributed by atoms with Gasteiger partial charge in [0, 0.05) is 11.8 Å². The Balaban J connectivity index is 2.60. The predicted octanol–water partition coefficient (Wildman–Crippen LogP) is 2.22. The Morgan fingerprint density at radius 2 is 1.89 bits per heavy atom. The molecule has 0 saturated carbocycles. The van der Waals surface area contributed by atoms with Gasteiger partial charge in [0.25, 0.3) is 5.91 Å². The van der Waals surface area contributed by atoms with Gasteiger partial charge in [0.15, 0.2) is 6.10 Å². The molecule has 0 spiro atoms. The van der Waals surface area contributed by atoms with Crippen LogP contribution in [0.1, 0.15) is 20.8 Å². The lowest BCUT2D eigenvalue weighted by molar-refractivity contribution is -0.156. The maximum atomic E-state index is 11.8. The molecule has 0 aliphatic rings. The highest BCUT2D eigenvalue weighted by atomic mass is 16.5. The van der Waals surface area contributed by atoms with Crippen LogP contribution >= 0.6 is 0 Å². The van der Waals surface area contributed by atoms with Crippen molar-refractivity contribution in [1.29, 1.82) is 0 Å². The van der Waals surface area contributed by atoms with E-state index in [1.54, 1.807) is 45.2 Å². The lowest BCUT2D eigenvalue weighted by Gasteiger charge is -2.15. The Morgan fingerprint density at radius 1 is 1.21 bits per heavy atom. The van der Waals surface area contributed by atoms with Gasteiger partial charge in [-0.25, -0.2) is 0 Å². The summed E-state index contributed by atoms with van der Waals surface area (Å²) in [6, 6.07) is 6.96. The summed E-state index contributed by atoms with van der Waals surface area (Å²) in [4.78, 5) is 23.2. The molecule has 1 N–H and O–H groups in total. The van der Waals surface area contributed by atoms with Crippen LogP contribution in [0.5, 0.6) is 5.75 Å². The van der Waals surface area contributed by atoms with Crippen LogP contribution in [0.25, 0.3) is 0 Å². The highest BCUT2D eigenvalue weighted by molar-refractivity contribution is 5.95. The number of amides is 1. The molecule has 0 bridgehead atoms. The molecule has 0 unspecified atom stereocenters. The fourth-order valence-electron chi connectivity index (χ4n) is 1.31. The fourth-order valence-corrected chi connectivity index (χ4v) is 1.31. The summed E-state index contributed by atoms with van der Waals surface area (Å²) in [5.41, 5.74) is 0.594. The van der Waals surface area contributed by atoms with Gasteiger partial charge in [-0.15, -0.1) is 0 Å². The molecule has 1 atom stereocenters. The second kappa shape index (κ2) is 6.78. The van der Waals surface area contributed by atoms with Gasteiger partial charge in [-0.2, -0.15) is 0 Å². The molecule has 104 valence electrons. The van der Waals surface area contributed by atoms with E-state index in [-0.39, 0.29) is 11.8 Å². The summed E-state index contributed by atoms with van der Waals surface area (Å²) in [6.45, 7) is 4.97. The lowest BCUT2D eigenvalue weighted by Crippen LogP contribution is -2.31. The van der Waals surface area contributed by atoms with Gasteiger partial charge in [-0.3, -0.25) is 9.59 Å². The number of hydrogen-bond donors (Lipinski definition) is 1. The molecule has 5 heteroatoms. The topological polar surface area (TPSA) is 64.6 Å². The van der Waals surface area contributed by atoms with Gasteiger partial charge in [0.1, 0.15) is 5.75 Å². The molecule has 0 fully saturated rings. The lowest BCUT2D eigenvalue weighted by atomic mass is 10.2. The van der Waals surface area contributed by atoms with Crippen molar-refractivity contribution in [1.82, 2.24) is 0 Å². The molecular weight excluding hydrogens is 246 g/mol.